The lowest BCUT2D eigenvalue weighted by Crippen LogP contribution is -2.46. The SMILES string of the molecule is CC(C)(CN1CCOCC1)CN1CCCN(Cc2cccc(F)c2)CC1. The molecule has 0 N–H and O–H groups in total. The van der Waals surface area contributed by atoms with E-state index in [1.54, 1.807) is 6.07 Å². The highest BCUT2D eigenvalue weighted by molar-refractivity contribution is 5.16. The third-order valence-electron chi connectivity index (χ3n) is 5.38. The molecule has 2 fully saturated rings. The van der Waals surface area contributed by atoms with E-state index in [0.717, 1.165) is 77.7 Å². The molecular weight excluding hydrogens is 329 g/mol. The normalized spacial score (nSPS) is 21.7. The minimum absolute atomic E-state index is 0.135. The highest BCUT2D eigenvalue weighted by Gasteiger charge is 2.27. The zero-order valence-electron chi connectivity index (χ0n) is 16.4. The van der Waals surface area contributed by atoms with Gasteiger partial charge in [0.15, 0.2) is 0 Å². The van der Waals surface area contributed by atoms with Crippen molar-refractivity contribution in [2.24, 2.45) is 5.41 Å². The molecule has 146 valence electrons. The minimum atomic E-state index is -0.135. The van der Waals surface area contributed by atoms with Gasteiger partial charge in [-0.1, -0.05) is 26.0 Å². The van der Waals surface area contributed by atoms with E-state index < -0.39 is 0 Å². The smallest absolute Gasteiger partial charge is 0.123 e. The first-order valence-electron chi connectivity index (χ1n) is 9.99. The fraction of sp³-hybridized carbons (Fsp3) is 0.714. The van der Waals surface area contributed by atoms with Gasteiger partial charge < -0.3 is 9.64 Å². The number of morpholine rings is 1. The number of ether oxygens (including phenoxy) is 1. The summed E-state index contributed by atoms with van der Waals surface area (Å²) in [5.74, 6) is -0.135. The predicted octanol–water partition coefficient (Wildman–Crippen LogP) is 2.69. The van der Waals surface area contributed by atoms with Crippen LogP contribution < -0.4 is 0 Å². The van der Waals surface area contributed by atoms with Crippen LogP contribution in [0.15, 0.2) is 24.3 Å². The zero-order chi connectivity index (χ0) is 18.4. The lowest BCUT2D eigenvalue weighted by molar-refractivity contribution is 0.0152. The molecule has 0 aliphatic carbocycles. The van der Waals surface area contributed by atoms with E-state index in [1.165, 1.54) is 12.5 Å². The molecule has 2 saturated heterocycles. The van der Waals surface area contributed by atoms with E-state index in [1.807, 2.05) is 12.1 Å². The van der Waals surface area contributed by atoms with Crippen molar-refractivity contribution < 1.29 is 9.13 Å². The van der Waals surface area contributed by atoms with Gasteiger partial charge in [0.1, 0.15) is 5.82 Å². The fourth-order valence-corrected chi connectivity index (χ4v) is 4.25. The van der Waals surface area contributed by atoms with Gasteiger partial charge in [-0.2, -0.15) is 0 Å². The van der Waals surface area contributed by atoms with E-state index in [0.29, 0.717) is 0 Å². The molecule has 2 heterocycles. The molecule has 4 nitrogen and oxygen atoms in total. The Morgan fingerprint density at radius 3 is 2.31 bits per heavy atom. The molecular formula is C21H34FN3O. The van der Waals surface area contributed by atoms with E-state index in [4.69, 9.17) is 4.74 Å². The second kappa shape index (κ2) is 9.27. The Morgan fingerprint density at radius 2 is 1.58 bits per heavy atom. The van der Waals surface area contributed by atoms with Crippen molar-refractivity contribution >= 4 is 0 Å². The molecule has 5 heteroatoms. The van der Waals surface area contributed by atoms with Gasteiger partial charge in [-0.15, -0.1) is 0 Å². The molecule has 0 amide bonds. The molecule has 3 rings (SSSR count). The van der Waals surface area contributed by atoms with Gasteiger partial charge in [-0.05, 0) is 42.6 Å². The van der Waals surface area contributed by atoms with Gasteiger partial charge in [0.25, 0.3) is 0 Å². The van der Waals surface area contributed by atoms with Crippen LogP contribution in [-0.2, 0) is 11.3 Å². The number of hydrogen-bond donors (Lipinski definition) is 0. The first kappa shape index (κ1) is 19.7. The first-order valence-corrected chi connectivity index (χ1v) is 9.99. The number of hydrogen-bond acceptors (Lipinski definition) is 4. The van der Waals surface area contributed by atoms with Crippen molar-refractivity contribution in [2.75, 3.05) is 65.6 Å². The van der Waals surface area contributed by atoms with Crippen LogP contribution in [-0.4, -0.2) is 80.3 Å². The topological polar surface area (TPSA) is 19.0 Å². The molecule has 2 aliphatic heterocycles. The average Bonchev–Trinajstić information content (AvgIpc) is 2.80. The molecule has 0 aromatic heterocycles. The number of rotatable bonds is 6. The quantitative estimate of drug-likeness (QED) is 0.773. The van der Waals surface area contributed by atoms with E-state index in [2.05, 4.69) is 28.5 Å². The highest BCUT2D eigenvalue weighted by atomic mass is 19.1. The summed E-state index contributed by atoms with van der Waals surface area (Å²) in [6.45, 7) is 16.2. The van der Waals surface area contributed by atoms with Gasteiger partial charge in [0.05, 0.1) is 13.2 Å². The summed E-state index contributed by atoms with van der Waals surface area (Å²) < 4.78 is 18.9. The summed E-state index contributed by atoms with van der Waals surface area (Å²) in [6, 6.07) is 7.01. The predicted molar refractivity (Wildman–Crippen MR) is 104 cm³/mol. The Balaban J connectivity index is 1.46. The summed E-state index contributed by atoms with van der Waals surface area (Å²) in [5, 5.41) is 0. The maximum atomic E-state index is 13.4. The van der Waals surface area contributed by atoms with Crippen LogP contribution in [0.25, 0.3) is 0 Å². The third kappa shape index (κ3) is 6.31. The highest BCUT2D eigenvalue weighted by Crippen LogP contribution is 2.21. The Kier molecular flexibility index (Phi) is 7.04. The number of nitrogens with zero attached hydrogens (tertiary/aromatic N) is 3. The summed E-state index contributed by atoms with van der Waals surface area (Å²) in [5.41, 5.74) is 1.36. The molecule has 26 heavy (non-hydrogen) atoms. The maximum Gasteiger partial charge on any atom is 0.123 e. The molecule has 2 aliphatic rings. The van der Waals surface area contributed by atoms with Crippen LogP contribution in [0.2, 0.25) is 0 Å². The van der Waals surface area contributed by atoms with E-state index in [-0.39, 0.29) is 11.2 Å². The van der Waals surface area contributed by atoms with Gasteiger partial charge in [0.2, 0.25) is 0 Å². The Bertz CT molecular complexity index is 560. The summed E-state index contributed by atoms with van der Waals surface area (Å²) in [7, 11) is 0. The standard InChI is InChI=1S/C21H34FN3O/c1-21(2,18-25-11-13-26-14-12-25)17-24-8-4-7-23(9-10-24)16-19-5-3-6-20(22)15-19/h3,5-6,15H,4,7-14,16-18H2,1-2H3. The van der Waals surface area contributed by atoms with E-state index >= 15 is 0 Å². The van der Waals surface area contributed by atoms with Crippen molar-refractivity contribution in [3.8, 4) is 0 Å². The van der Waals surface area contributed by atoms with E-state index in [9.17, 15) is 4.39 Å². The second-order valence-electron chi connectivity index (χ2n) is 8.59. The maximum absolute atomic E-state index is 13.4. The molecule has 0 radical (unpaired) electrons. The molecule has 1 aromatic carbocycles. The van der Waals surface area contributed by atoms with Gasteiger partial charge in [0, 0.05) is 45.8 Å². The van der Waals surface area contributed by atoms with Crippen molar-refractivity contribution in [3.05, 3.63) is 35.6 Å². The number of halogens is 1. The van der Waals surface area contributed by atoms with Crippen LogP contribution in [0.1, 0.15) is 25.8 Å². The molecule has 0 saturated carbocycles. The van der Waals surface area contributed by atoms with Crippen LogP contribution in [0.5, 0.6) is 0 Å². The lowest BCUT2D eigenvalue weighted by atomic mass is 9.91. The molecule has 0 bridgehead atoms. The van der Waals surface area contributed by atoms with Crippen LogP contribution in [0, 0.1) is 11.2 Å². The van der Waals surface area contributed by atoms with Crippen molar-refractivity contribution in [1.82, 2.24) is 14.7 Å². The Morgan fingerprint density at radius 1 is 0.923 bits per heavy atom. The van der Waals surface area contributed by atoms with Crippen LogP contribution in [0.4, 0.5) is 4.39 Å². The molecule has 0 atom stereocenters. The first-order chi connectivity index (χ1) is 12.5. The molecule has 0 spiro atoms. The second-order valence-corrected chi connectivity index (χ2v) is 8.59. The van der Waals surface area contributed by atoms with Gasteiger partial charge in [-0.3, -0.25) is 9.80 Å². The molecule has 0 unspecified atom stereocenters. The Hall–Kier alpha value is -1.01. The van der Waals surface area contributed by atoms with Gasteiger partial charge >= 0.3 is 0 Å². The monoisotopic (exact) mass is 363 g/mol. The van der Waals surface area contributed by atoms with Crippen LogP contribution >= 0.6 is 0 Å². The van der Waals surface area contributed by atoms with Crippen molar-refractivity contribution in [3.63, 3.8) is 0 Å². The summed E-state index contributed by atoms with van der Waals surface area (Å²) in [6.07, 6.45) is 1.18. The van der Waals surface area contributed by atoms with Gasteiger partial charge in [-0.25, -0.2) is 4.39 Å². The fourth-order valence-electron chi connectivity index (χ4n) is 4.25. The minimum Gasteiger partial charge on any atom is -0.379 e. The van der Waals surface area contributed by atoms with Crippen molar-refractivity contribution in [2.45, 2.75) is 26.8 Å². The summed E-state index contributed by atoms with van der Waals surface area (Å²) >= 11 is 0. The lowest BCUT2D eigenvalue weighted by Gasteiger charge is -2.38. The average molecular weight is 364 g/mol. The summed E-state index contributed by atoms with van der Waals surface area (Å²) in [4.78, 5) is 7.62. The van der Waals surface area contributed by atoms with Crippen molar-refractivity contribution in [1.29, 1.82) is 0 Å². The largest absolute Gasteiger partial charge is 0.379 e. The molecule has 1 aromatic rings. The van der Waals surface area contributed by atoms with Crippen LogP contribution in [0.3, 0.4) is 0 Å². The Labute approximate surface area is 157 Å². The number of benzene rings is 1. The zero-order valence-corrected chi connectivity index (χ0v) is 16.4. The third-order valence-corrected chi connectivity index (χ3v) is 5.38.